The van der Waals surface area contributed by atoms with E-state index in [0.717, 1.165) is 15.9 Å². The van der Waals surface area contributed by atoms with E-state index < -0.39 is 0 Å². The molecule has 2 aromatic rings. The van der Waals surface area contributed by atoms with Crippen LogP contribution in [0.4, 0.5) is 0 Å². The van der Waals surface area contributed by atoms with Gasteiger partial charge in [0, 0.05) is 4.47 Å². The van der Waals surface area contributed by atoms with Crippen molar-refractivity contribution in [3.63, 3.8) is 0 Å². The van der Waals surface area contributed by atoms with Gasteiger partial charge in [-0.3, -0.25) is 0 Å². The number of aromatic nitrogens is 3. The van der Waals surface area contributed by atoms with Crippen molar-refractivity contribution in [3.8, 4) is 5.69 Å². The molecule has 0 fully saturated rings. The topological polar surface area (TPSA) is 30.7 Å². The van der Waals surface area contributed by atoms with Gasteiger partial charge in [-0.25, -0.2) is 4.68 Å². The maximum Gasteiger partial charge on any atom is 0.0965 e. The van der Waals surface area contributed by atoms with Gasteiger partial charge in [-0.1, -0.05) is 27.2 Å². The molecule has 0 radical (unpaired) electrons. The van der Waals surface area contributed by atoms with E-state index in [2.05, 4.69) is 61.2 Å². The number of hydrogen-bond donors (Lipinski definition) is 0. The van der Waals surface area contributed by atoms with Gasteiger partial charge in [-0.05, 0) is 47.5 Å². The Balaban J connectivity index is 2.42. The molecule has 5 heteroatoms. The van der Waals surface area contributed by atoms with Gasteiger partial charge < -0.3 is 0 Å². The molecule has 0 aliphatic rings. The van der Waals surface area contributed by atoms with Crippen molar-refractivity contribution in [2.45, 2.75) is 18.7 Å². The zero-order valence-corrected chi connectivity index (χ0v) is 12.2. The lowest BCUT2D eigenvalue weighted by atomic mass is 10.2. The highest BCUT2D eigenvalue weighted by molar-refractivity contribution is 9.10. The molecule has 0 aliphatic heterocycles. The van der Waals surface area contributed by atoms with Crippen molar-refractivity contribution in [1.82, 2.24) is 15.0 Å². The standard InChI is InChI=1S/C11H11Br2N3/c1-7-3-4-11(9(13)5-7)16-6-10(8(2)12)14-15-16/h3-6,8H,1-2H3. The first-order valence-electron chi connectivity index (χ1n) is 4.91. The largest absolute Gasteiger partial charge is 0.219 e. The predicted molar refractivity (Wildman–Crippen MR) is 71.1 cm³/mol. The maximum absolute atomic E-state index is 4.10. The second kappa shape index (κ2) is 4.67. The fourth-order valence-corrected chi connectivity index (χ4v) is 2.26. The van der Waals surface area contributed by atoms with Crippen molar-refractivity contribution in [1.29, 1.82) is 0 Å². The molecule has 0 spiro atoms. The molecule has 1 atom stereocenters. The van der Waals surface area contributed by atoms with Crippen molar-refractivity contribution in [2.24, 2.45) is 0 Å². The molecule has 0 amide bonds. The molecule has 16 heavy (non-hydrogen) atoms. The lowest BCUT2D eigenvalue weighted by Gasteiger charge is -2.04. The summed E-state index contributed by atoms with van der Waals surface area (Å²) in [5, 5.41) is 8.21. The molecule has 1 heterocycles. The van der Waals surface area contributed by atoms with E-state index in [9.17, 15) is 0 Å². The first-order valence-corrected chi connectivity index (χ1v) is 6.61. The summed E-state index contributed by atoms with van der Waals surface area (Å²) in [7, 11) is 0. The van der Waals surface area contributed by atoms with Gasteiger partial charge in [0.1, 0.15) is 0 Å². The minimum atomic E-state index is 0.213. The Morgan fingerprint density at radius 2 is 2.12 bits per heavy atom. The zero-order chi connectivity index (χ0) is 11.7. The Labute approximate surface area is 111 Å². The molecule has 1 aromatic carbocycles. The van der Waals surface area contributed by atoms with Gasteiger partial charge in [0.25, 0.3) is 0 Å². The van der Waals surface area contributed by atoms with Crippen LogP contribution in [0.5, 0.6) is 0 Å². The third-order valence-corrected chi connectivity index (χ3v) is 3.37. The molecule has 3 nitrogen and oxygen atoms in total. The Kier molecular flexibility index (Phi) is 3.44. The summed E-state index contributed by atoms with van der Waals surface area (Å²) in [4.78, 5) is 0.213. The predicted octanol–water partition coefficient (Wildman–Crippen LogP) is 3.79. The van der Waals surface area contributed by atoms with Crippen LogP contribution in [0.15, 0.2) is 28.9 Å². The van der Waals surface area contributed by atoms with Crippen LogP contribution in [-0.4, -0.2) is 15.0 Å². The summed E-state index contributed by atoms with van der Waals surface area (Å²) < 4.78 is 2.79. The molecular formula is C11H11Br2N3. The maximum atomic E-state index is 4.10. The Bertz CT molecular complexity index is 506. The van der Waals surface area contributed by atoms with Gasteiger partial charge in [-0.2, -0.15) is 0 Å². The Morgan fingerprint density at radius 1 is 1.38 bits per heavy atom. The van der Waals surface area contributed by atoms with Crippen LogP contribution in [0.1, 0.15) is 23.0 Å². The van der Waals surface area contributed by atoms with Gasteiger partial charge in [0.05, 0.1) is 22.4 Å². The monoisotopic (exact) mass is 343 g/mol. The van der Waals surface area contributed by atoms with E-state index in [4.69, 9.17) is 0 Å². The molecule has 0 saturated heterocycles. The Hall–Kier alpha value is -0.680. The van der Waals surface area contributed by atoms with Gasteiger partial charge >= 0.3 is 0 Å². The number of hydrogen-bond acceptors (Lipinski definition) is 2. The summed E-state index contributed by atoms with van der Waals surface area (Å²) in [6.45, 7) is 4.08. The molecule has 1 unspecified atom stereocenters. The first-order chi connectivity index (χ1) is 7.58. The summed E-state index contributed by atoms with van der Waals surface area (Å²) in [6, 6.07) is 6.14. The molecular weight excluding hydrogens is 334 g/mol. The second-order valence-corrected chi connectivity index (χ2v) is 5.89. The van der Waals surface area contributed by atoms with E-state index >= 15 is 0 Å². The van der Waals surface area contributed by atoms with Gasteiger partial charge in [0.2, 0.25) is 0 Å². The fraction of sp³-hybridized carbons (Fsp3) is 0.273. The van der Waals surface area contributed by atoms with E-state index in [1.807, 2.05) is 19.2 Å². The number of aryl methyl sites for hydroxylation is 1. The first kappa shape index (κ1) is 11.8. The summed E-state index contributed by atoms with van der Waals surface area (Å²) in [5.74, 6) is 0. The van der Waals surface area contributed by atoms with Crippen LogP contribution in [-0.2, 0) is 0 Å². The third-order valence-electron chi connectivity index (χ3n) is 2.27. The number of halogens is 2. The van der Waals surface area contributed by atoms with Crippen LogP contribution >= 0.6 is 31.9 Å². The fourth-order valence-electron chi connectivity index (χ4n) is 1.37. The molecule has 1 aromatic heterocycles. The summed E-state index contributed by atoms with van der Waals surface area (Å²) in [6.07, 6.45) is 1.93. The lowest BCUT2D eigenvalue weighted by Crippen LogP contribution is -1.96. The minimum absolute atomic E-state index is 0.213. The molecule has 0 N–H and O–H groups in total. The molecule has 2 rings (SSSR count). The second-order valence-electron chi connectivity index (χ2n) is 3.66. The van der Waals surface area contributed by atoms with E-state index in [1.165, 1.54) is 5.56 Å². The van der Waals surface area contributed by atoms with Gasteiger partial charge in [0.15, 0.2) is 0 Å². The number of rotatable bonds is 2. The summed E-state index contributed by atoms with van der Waals surface area (Å²) in [5.41, 5.74) is 3.13. The average Bonchev–Trinajstić information content (AvgIpc) is 2.66. The smallest absolute Gasteiger partial charge is 0.0965 e. The molecule has 0 bridgehead atoms. The van der Waals surface area contributed by atoms with E-state index in [0.29, 0.717) is 0 Å². The van der Waals surface area contributed by atoms with E-state index in [1.54, 1.807) is 4.68 Å². The minimum Gasteiger partial charge on any atom is -0.219 e. The zero-order valence-electron chi connectivity index (χ0n) is 8.98. The highest BCUT2D eigenvalue weighted by atomic mass is 79.9. The number of nitrogens with zero attached hydrogens (tertiary/aromatic N) is 3. The van der Waals surface area contributed by atoms with Crippen molar-refractivity contribution in [2.75, 3.05) is 0 Å². The quantitative estimate of drug-likeness (QED) is 0.776. The molecule has 0 saturated carbocycles. The lowest BCUT2D eigenvalue weighted by molar-refractivity contribution is 0.794. The van der Waals surface area contributed by atoms with Crippen LogP contribution in [0.3, 0.4) is 0 Å². The van der Waals surface area contributed by atoms with Crippen LogP contribution in [0, 0.1) is 6.92 Å². The highest BCUT2D eigenvalue weighted by Crippen LogP contribution is 2.24. The van der Waals surface area contributed by atoms with Crippen molar-refractivity contribution in [3.05, 3.63) is 40.1 Å². The summed E-state index contributed by atoms with van der Waals surface area (Å²) >= 11 is 7.00. The Morgan fingerprint density at radius 3 is 2.69 bits per heavy atom. The van der Waals surface area contributed by atoms with Crippen molar-refractivity contribution < 1.29 is 0 Å². The number of benzene rings is 1. The van der Waals surface area contributed by atoms with Crippen LogP contribution < -0.4 is 0 Å². The van der Waals surface area contributed by atoms with Crippen molar-refractivity contribution >= 4 is 31.9 Å². The van der Waals surface area contributed by atoms with Crippen LogP contribution in [0.25, 0.3) is 5.69 Å². The average molecular weight is 345 g/mol. The van der Waals surface area contributed by atoms with Gasteiger partial charge in [-0.15, -0.1) is 5.10 Å². The normalized spacial score (nSPS) is 12.8. The SMILES string of the molecule is Cc1ccc(-n2cc(C(C)Br)nn2)c(Br)c1. The third kappa shape index (κ3) is 2.35. The van der Waals surface area contributed by atoms with Crippen LogP contribution in [0.2, 0.25) is 0 Å². The highest BCUT2D eigenvalue weighted by Gasteiger charge is 2.09. The number of alkyl halides is 1. The van der Waals surface area contributed by atoms with E-state index in [-0.39, 0.29) is 4.83 Å². The molecule has 84 valence electrons. The molecule has 0 aliphatic carbocycles.